The van der Waals surface area contributed by atoms with Gasteiger partial charge in [0, 0.05) is 36.4 Å². The van der Waals surface area contributed by atoms with Crippen LogP contribution in [0, 0.1) is 0 Å². The Labute approximate surface area is 190 Å². The number of amides is 1. The second kappa shape index (κ2) is 12.4. The maximum Gasteiger partial charge on any atom is 0.220 e. The van der Waals surface area contributed by atoms with Crippen LogP contribution >= 0.6 is 11.8 Å². The summed E-state index contributed by atoms with van der Waals surface area (Å²) < 4.78 is 2.30. The molecule has 0 aliphatic carbocycles. The van der Waals surface area contributed by atoms with Crippen LogP contribution in [0.25, 0.3) is 22.5 Å². The third-order valence-corrected chi connectivity index (χ3v) is 6.29. The van der Waals surface area contributed by atoms with E-state index in [0.717, 1.165) is 53.8 Å². The monoisotopic (exact) mass is 435 g/mol. The van der Waals surface area contributed by atoms with E-state index in [4.69, 9.17) is 4.98 Å². The summed E-state index contributed by atoms with van der Waals surface area (Å²) in [4.78, 5) is 17.1. The minimum absolute atomic E-state index is 0.158. The highest BCUT2D eigenvalue weighted by molar-refractivity contribution is 7.99. The van der Waals surface area contributed by atoms with Gasteiger partial charge in [-0.05, 0) is 19.8 Å². The minimum atomic E-state index is 0.158. The summed E-state index contributed by atoms with van der Waals surface area (Å²) in [5, 5.41) is 4.04. The highest BCUT2D eigenvalue weighted by Crippen LogP contribution is 2.36. The summed E-state index contributed by atoms with van der Waals surface area (Å²) in [6, 6.07) is 20.9. The van der Waals surface area contributed by atoms with Crippen LogP contribution in [0.15, 0.2) is 65.8 Å². The van der Waals surface area contributed by atoms with Crippen LogP contribution in [-0.2, 0) is 11.3 Å². The molecule has 31 heavy (non-hydrogen) atoms. The number of carbonyl (C=O) groups is 1. The molecule has 0 radical (unpaired) electrons. The van der Waals surface area contributed by atoms with Gasteiger partial charge in [-0.25, -0.2) is 4.98 Å². The molecule has 3 rings (SSSR count). The first-order valence-corrected chi connectivity index (χ1v) is 12.3. The third-order valence-electron chi connectivity index (χ3n) is 5.23. The van der Waals surface area contributed by atoms with E-state index >= 15 is 0 Å². The predicted molar refractivity (Wildman–Crippen MR) is 131 cm³/mol. The molecule has 0 atom stereocenters. The lowest BCUT2D eigenvalue weighted by Crippen LogP contribution is -2.24. The molecule has 2 aromatic carbocycles. The molecule has 1 amide bonds. The second-order valence-electron chi connectivity index (χ2n) is 7.58. The Morgan fingerprint density at radius 3 is 2.26 bits per heavy atom. The Bertz CT molecular complexity index is 938. The molecule has 0 bridgehead atoms. The van der Waals surface area contributed by atoms with E-state index in [9.17, 15) is 4.79 Å². The Morgan fingerprint density at radius 1 is 0.935 bits per heavy atom. The standard InChI is InChI=1S/C26H33N3OS/c1-3-5-12-19-27-23(30)18-13-20-31-26-28-24(21-14-8-6-9-15-21)25(29(26)4-2)22-16-10-7-11-17-22/h6-11,14-17H,3-5,12-13,18-20H2,1-2H3,(H,27,30). The van der Waals surface area contributed by atoms with Crippen molar-refractivity contribution in [1.29, 1.82) is 0 Å². The summed E-state index contributed by atoms with van der Waals surface area (Å²) in [6.07, 6.45) is 4.83. The normalized spacial score (nSPS) is 10.9. The van der Waals surface area contributed by atoms with E-state index in [1.807, 2.05) is 12.1 Å². The molecule has 0 fully saturated rings. The number of aromatic nitrogens is 2. The molecule has 0 aliphatic rings. The minimum Gasteiger partial charge on any atom is -0.356 e. The third kappa shape index (κ3) is 6.47. The van der Waals surface area contributed by atoms with E-state index in [0.29, 0.717) is 6.42 Å². The van der Waals surface area contributed by atoms with Crippen molar-refractivity contribution in [1.82, 2.24) is 14.9 Å². The van der Waals surface area contributed by atoms with Gasteiger partial charge < -0.3 is 9.88 Å². The maximum absolute atomic E-state index is 12.0. The van der Waals surface area contributed by atoms with Crippen LogP contribution in [0.3, 0.4) is 0 Å². The molecule has 1 N–H and O–H groups in total. The first kappa shape index (κ1) is 23.1. The molecule has 0 aliphatic heterocycles. The average molecular weight is 436 g/mol. The quantitative estimate of drug-likeness (QED) is 0.264. The van der Waals surface area contributed by atoms with Gasteiger partial charge in [-0.15, -0.1) is 0 Å². The fourth-order valence-electron chi connectivity index (χ4n) is 3.61. The highest BCUT2D eigenvalue weighted by Gasteiger charge is 2.19. The zero-order chi connectivity index (χ0) is 21.9. The van der Waals surface area contributed by atoms with Gasteiger partial charge in [-0.2, -0.15) is 0 Å². The Morgan fingerprint density at radius 2 is 1.61 bits per heavy atom. The van der Waals surface area contributed by atoms with E-state index < -0.39 is 0 Å². The van der Waals surface area contributed by atoms with Crippen LogP contribution in [0.5, 0.6) is 0 Å². The van der Waals surface area contributed by atoms with Crippen LogP contribution < -0.4 is 5.32 Å². The lowest BCUT2D eigenvalue weighted by atomic mass is 10.0. The molecule has 164 valence electrons. The first-order chi connectivity index (χ1) is 15.2. The summed E-state index contributed by atoms with van der Waals surface area (Å²) in [7, 11) is 0. The second-order valence-corrected chi connectivity index (χ2v) is 8.64. The zero-order valence-electron chi connectivity index (χ0n) is 18.6. The van der Waals surface area contributed by atoms with E-state index in [1.165, 1.54) is 18.4 Å². The van der Waals surface area contributed by atoms with Crippen molar-refractivity contribution in [3.05, 3.63) is 60.7 Å². The first-order valence-electron chi connectivity index (χ1n) is 11.4. The summed E-state index contributed by atoms with van der Waals surface area (Å²) in [5.41, 5.74) is 4.48. The summed E-state index contributed by atoms with van der Waals surface area (Å²) in [6.45, 7) is 5.98. The molecule has 1 heterocycles. The number of thioether (sulfide) groups is 1. The number of hydrogen-bond donors (Lipinski definition) is 1. The summed E-state index contributed by atoms with van der Waals surface area (Å²) >= 11 is 1.74. The SMILES string of the molecule is CCCCCNC(=O)CCCSc1nc(-c2ccccc2)c(-c2ccccc2)n1CC. The molecule has 0 saturated carbocycles. The average Bonchev–Trinajstić information content (AvgIpc) is 3.19. The molecular weight excluding hydrogens is 402 g/mol. The van der Waals surface area contributed by atoms with Gasteiger partial charge in [0.1, 0.15) is 0 Å². The molecule has 1 aromatic heterocycles. The van der Waals surface area contributed by atoms with Gasteiger partial charge in [0.05, 0.1) is 11.4 Å². The van der Waals surface area contributed by atoms with Crippen molar-refractivity contribution in [3.8, 4) is 22.5 Å². The molecule has 0 unspecified atom stereocenters. The number of rotatable bonds is 12. The zero-order valence-corrected chi connectivity index (χ0v) is 19.5. The summed E-state index contributed by atoms with van der Waals surface area (Å²) in [5.74, 6) is 1.03. The van der Waals surface area contributed by atoms with Gasteiger partial charge >= 0.3 is 0 Å². The van der Waals surface area contributed by atoms with Crippen molar-refractivity contribution in [3.63, 3.8) is 0 Å². The maximum atomic E-state index is 12.0. The predicted octanol–water partition coefficient (Wildman–Crippen LogP) is 6.42. The molecule has 5 heteroatoms. The molecular formula is C26H33N3OS. The Hall–Kier alpha value is -2.53. The fraction of sp³-hybridized carbons (Fsp3) is 0.385. The Kier molecular flexibility index (Phi) is 9.22. The number of carbonyl (C=O) groups excluding carboxylic acids is 1. The molecule has 3 aromatic rings. The lowest BCUT2D eigenvalue weighted by molar-refractivity contribution is -0.121. The molecule has 0 saturated heterocycles. The van der Waals surface area contributed by atoms with Gasteiger partial charge in [-0.1, -0.05) is 92.2 Å². The largest absolute Gasteiger partial charge is 0.356 e. The van der Waals surface area contributed by atoms with E-state index in [2.05, 4.69) is 72.3 Å². The molecule has 0 spiro atoms. The number of benzene rings is 2. The van der Waals surface area contributed by atoms with Crippen LogP contribution in [0.1, 0.15) is 46.0 Å². The Balaban J connectivity index is 1.71. The fourth-order valence-corrected chi connectivity index (χ4v) is 4.61. The van der Waals surface area contributed by atoms with Crippen molar-refractivity contribution >= 4 is 17.7 Å². The van der Waals surface area contributed by atoms with Crippen LogP contribution in [0.2, 0.25) is 0 Å². The topological polar surface area (TPSA) is 46.9 Å². The van der Waals surface area contributed by atoms with Gasteiger partial charge in [-0.3, -0.25) is 4.79 Å². The van der Waals surface area contributed by atoms with E-state index in [1.54, 1.807) is 11.8 Å². The number of nitrogens with one attached hydrogen (secondary N) is 1. The van der Waals surface area contributed by atoms with E-state index in [-0.39, 0.29) is 5.91 Å². The van der Waals surface area contributed by atoms with Gasteiger partial charge in [0.15, 0.2) is 5.16 Å². The van der Waals surface area contributed by atoms with Crippen LogP contribution in [-0.4, -0.2) is 27.8 Å². The smallest absolute Gasteiger partial charge is 0.220 e. The number of imidazole rings is 1. The highest BCUT2D eigenvalue weighted by atomic mass is 32.2. The lowest BCUT2D eigenvalue weighted by Gasteiger charge is -2.11. The van der Waals surface area contributed by atoms with Crippen molar-refractivity contribution in [2.24, 2.45) is 0 Å². The van der Waals surface area contributed by atoms with Gasteiger partial charge in [0.2, 0.25) is 5.91 Å². The number of nitrogens with zero attached hydrogens (tertiary/aromatic N) is 2. The van der Waals surface area contributed by atoms with Gasteiger partial charge in [0.25, 0.3) is 0 Å². The number of unbranched alkanes of at least 4 members (excludes halogenated alkanes) is 2. The molecule has 4 nitrogen and oxygen atoms in total. The van der Waals surface area contributed by atoms with Crippen molar-refractivity contribution < 1.29 is 4.79 Å². The number of hydrogen-bond acceptors (Lipinski definition) is 3. The van der Waals surface area contributed by atoms with Crippen LogP contribution in [0.4, 0.5) is 0 Å². The van der Waals surface area contributed by atoms with Crippen molar-refractivity contribution in [2.45, 2.75) is 57.7 Å². The van der Waals surface area contributed by atoms with Crippen molar-refractivity contribution in [2.75, 3.05) is 12.3 Å².